The Balaban J connectivity index is 0.000000845. The van der Waals surface area contributed by atoms with Gasteiger partial charge in [-0.1, -0.05) is 6.07 Å². The molecule has 0 bridgehead atoms. The number of rotatable bonds is 0. The van der Waals surface area contributed by atoms with Gasteiger partial charge in [-0.05, 0) is 18.1 Å². The number of aromatic hydroxyl groups is 1. The topological polar surface area (TPSA) is 55.5 Å². The zero-order chi connectivity index (χ0) is 8.55. The molecule has 4 heteroatoms. The smallest absolute Gasteiger partial charge is 0.126 e. The monoisotopic (exact) mass is 201 g/mol. The quantitative estimate of drug-likeness (QED) is 0.661. The van der Waals surface area contributed by atoms with E-state index in [0.717, 1.165) is 17.7 Å². The van der Waals surface area contributed by atoms with Crippen LogP contribution in [-0.2, 0) is 6.42 Å². The molecule has 1 aliphatic heterocycles. The molecule has 1 aromatic carbocycles. The minimum atomic E-state index is 0. The highest BCUT2D eigenvalue weighted by Crippen LogP contribution is 2.27. The lowest BCUT2D eigenvalue weighted by Crippen LogP contribution is -2.33. The third kappa shape index (κ3) is 2.05. The van der Waals surface area contributed by atoms with Crippen molar-refractivity contribution in [1.29, 1.82) is 0 Å². The first-order chi connectivity index (χ1) is 5.75. The average molecular weight is 202 g/mol. The van der Waals surface area contributed by atoms with Crippen LogP contribution in [0.5, 0.6) is 11.5 Å². The molecule has 3 nitrogen and oxygen atoms in total. The lowest BCUT2D eigenvalue weighted by molar-refractivity contribution is 0.262. The first-order valence-corrected chi connectivity index (χ1v) is 3.96. The molecule has 1 aromatic rings. The number of hydrogen-bond acceptors (Lipinski definition) is 3. The fourth-order valence-corrected chi connectivity index (χ4v) is 1.38. The van der Waals surface area contributed by atoms with Gasteiger partial charge in [-0.25, -0.2) is 0 Å². The molecule has 0 saturated heterocycles. The van der Waals surface area contributed by atoms with Gasteiger partial charge in [0.2, 0.25) is 0 Å². The predicted octanol–water partition coefficient (Wildman–Crippen LogP) is 1.08. The third-order valence-corrected chi connectivity index (χ3v) is 1.99. The van der Waals surface area contributed by atoms with Crippen LogP contribution in [0.2, 0.25) is 0 Å². The van der Waals surface area contributed by atoms with Gasteiger partial charge in [-0.3, -0.25) is 0 Å². The molecule has 72 valence electrons. The average Bonchev–Trinajstić information content (AvgIpc) is 2.05. The summed E-state index contributed by atoms with van der Waals surface area (Å²) in [7, 11) is 0. The molecule has 3 N–H and O–H groups in total. The van der Waals surface area contributed by atoms with Crippen LogP contribution in [0.1, 0.15) is 5.56 Å². The molecule has 0 saturated carbocycles. The summed E-state index contributed by atoms with van der Waals surface area (Å²) in [5.41, 5.74) is 6.78. The summed E-state index contributed by atoms with van der Waals surface area (Å²) < 4.78 is 5.33. The summed E-state index contributed by atoms with van der Waals surface area (Å²) in [5, 5.41) is 9.14. The van der Waals surface area contributed by atoms with Crippen molar-refractivity contribution >= 4 is 12.4 Å². The van der Waals surface area contributed by atoms with E-state index >= 15 is 0 Å². The van der Waals surface area contributed by atoms with Crippen LogP contribution in [0, 0.1) is 0 Å². The first kappa shape index (κ1) is 10.2. The Morgan fingerprint density at radius 3 is 3.00 bits per heavy atom. The van der Waals surface area contributed by atoms with Crippen molar-refractivity contribution in [3.63, 3.8) is 0 Å². The van der Waals surface area contributed by atoms with E-state index in [9.17, 15) is 0 Å². The predicted molar refractivity (Wildman–Crippen MR) is 52.5 cm³/mol. The molecule has 1 atom stereocenters. The molecule has 0 spiro atoms. The third-order valence-electron chi connectivity index (χ3n) is 1.99. The van der Waals surface area contributed by atoms with Crippen molar-refractivity contribution in [2.45, 2.75) is 12.5 Å². The van der Waals surface area contributed by atoms with Gasteiger partial charge in [0.25, 0.3) is 0 Å². The van der Waals surface area contributed by atoms with Crippen LogP contribution in [0.25, 0.3) is 0 Å². The molecule has 0 unspecified atom stereocenters. The van der Waals surface area contributed by atoms with Gasteiger partial charge >= 0.3 is 0 Å². The van der Waals surface area contributed by atoms with E-state index in [4.69, 9.17) is 15.6 Å². The normalized spacial score (nSPS) is 19.6. The van der Waals surface area contributed by atoms with Gasteiger partial charge in [0.15, 0.2) is 0 Å². The Kier molecular flexibility index (Phi) is 3.01. The molecule has 1 aliphatic rings. The number of ether oxygens (including phenoxy) is 1. The number of fused-ring (bicyclic) bond motifs is 1. The van der Waals surface area contributed by atoms with E-state index in [1.807, 2.05) is 6.07 Å². The number of hydrogen-bond donors (Lipinski definition) is 2. The maximum absolute atomic E-state index is 9.14. The fraction of sp³-hybridized carbons (Fsp3) is 0.333. The highest BCUT2D eigenvalue weighted by atomic mass is 35.5. The van der Waals surface area contributed by atoms with Gasteiger partial charge in [0.1, 0.15) is 18.1 Å². The molecule has 0 aromatic heterocycles. The Morgan fingerprint density at radius 1 is 1.46 bits per heavy atom. The molecular formula is C9H12ClNO2. The van der Waals surface area contributed by atoms with Crippen molar-refractivity contribution in [2.75, 3.05) is 6.61 Å². The molecule has 0 fully saturated rings. The summed E-state index contributed by atoms with van der Waals surface area (Å²) in [6, 6.07) is 5.22. The summed E-state index contributed by atoms with van der Waals surface area (Å²) in [4.78, 5) is 0. The van der Waals surface area contributed by atoms with Crippen LogP contribution in [-0.4, -0.2) is 17.8 Å². The van der Waals surface area contributed by atoms with Crippen molar-refractivity contribution in [2.24, 2.45) is 5.73 Å². The Bertz CT molecular complexity index is 304. The number of phenolic OH excluding ortho intramolecular Hbond substituents is 1. The SMILES string of the molecule is Cl.N[C@@H]1COc2cc(O)ccc2C1. The van der Waals surface area contributed by atoms with E-state index in [1.54, 1.807) is 12.1 Å². The van der Waals surface area contributed by atoms with Crippen molar-refractivity contribution in [1.82, 2.24) is 0 Å². The Morgan fingerprint density at radius 2 is 2.23 bits per heavy atom. The van der Waals surface area contributed by atoms with Crippen molar-refractivity contribution < 1.29 is 9.84 Å². The number of benzene rings is 1. The van der Waals surface area contributed by atoms with Crippen molar-refractivity contribution in [3.05, 3.63) is 23.8 Å². The summed E-state index contributed by atoms with van der Waals surface area (Å²) in [6.07, 6.45) is 0.829. The summed E-state index contributed by atoms with van der Waals surface area (Å²) in [6.45, 7) is 0.538. The second-order valence-electron chi connectivity index (χ2n) is 3.07. The van der Waals surface area contributed by atoms with Crippen LogP contribution in [0.4, 0.5) is 0 Å². The van der Waals surface area contributed by atoms with E-state index < -0.39 is 0 Å². The molecular weight excluding hydrogens is 190 g/mol. The van der Waals surface area contributed by atoms with E-state index in [0.29, 0.717) is 6.61 Å². The summed E-state index contributed by atoms with van der Waals surface area (Å²) >= 11 is 0. The molecule has 0 radical (unpaired) electrons. The summed E-state index contributed by atoms with van der Waals surface area (Å²) in [5.74, 6) is 1.00. The largest absolute Gasteiger partial charge is 0.508 e. The standard InChI is InChI=1S/C9H11NO2.ClH/c10-7-3-6-1-2-8(11)4-9(6)12-5-7;/h1-2,4,7,11H,3,5,10H2;1H/t7-;/m0./s1. The zero-order valence-corrected chi connectivity index (χ0v) is 7.88. The van der Waals surface area contributed by atoms with Gasteiger partial charge in [0.05, 0.1) is 0 Å². The maximum atomic E-state index is 9.14. The van der Waals surface area contributed by atoms with Gasteiger partial charge in [0, 0.05) is 12.1 Å². The maximum Gasteiger partial charge on any atom is 0.126 e. The Hall–Kier alpha value is -0.930. The van der Waals surface area contributed by atoms with E-state index in [-0.39, 0.29) is 24.2 Å². The second kappa shape index (κ2) is 3.85. The minimum Gasteiger partial charge on any atom is -0.508 e. The van der Waals surface area contributed by atoms with E-state index in [2.05, 4.69) is 0 Å². The van der Waals surface area contributed by atoms with Crippen molar-refractivity contribution in [3.8, 4) is 11.5 Å². The molecule has 0 amide bonds. The Labute approximate surface area is 82.9 Å². The molecule has 0 aliphatic carbocycles. The van der Waals surface area contributed by atoms with E-state index in [1.165, 1.54) is 0 Å². The molecule has 2 rings (SSSR count). The van der Waals surface area contributed by atoms with Crippen LogP contribution in [0.15, 0.2) is 18.2 Å². The number of halogens is 1. The molecule has 13 heavy (non-hydrogen) atoms. The minimum absolute atomic E-state index is 0. The fourth-order valence-electron chi connectivity index (χ4n) is 1.38. The zero-order valence-electron chi connectivity index (χ0n) is 7.06. The van der Waals surface area contributed by atoms with Gasteiger partial charge in [-0.2, -0.15) is 0 Å². The highest BCUT2D eigenvalue weighted by molar-refractivity contribution is 5.85. The first-order valence-electron chi connectivity index (χ1n) is 3.96. The van der Waals surface area contributed by atoms with Crippen LogP contribution < -0.4 is 10.5 Å². The number of phenols is 1. The lowest BCUT2D eigenvalue weighted by atomic mass is 10.0. The molecule has 1 heterocycles. The van der Waals surface area contributed by atoms with Crippen LogP contribution in [0.3, 0.4) is 0 Å². The van der Waals surface area contributed by atoms with Crippen LogP contribution >= 0.6 is 12.4 Å². The lowest BCUT2D eigenvalue weighted by Gasteiger charge is -2.22. The van der Waals surface area contributed by atoms with Gasteiger partial charge in [-0.15, -0.1) is 12.4 Å². The second-order valence-corrected chi connectivity index (χ2v) is 3.07. The highest BCUT2D eigenvalue weighted by Gasteiger charge is 2.16. The number of nitrogens with two attached hydrogens (primary N) is 1. The van der Waals surface area contributed by atoms with Gasteiger partial charge < -0.3 is 15.6 Å².